The Morgan fingerprint density at radius 2 is 2.05 bits per heavy atom. The first-order chi connectivity index (χ1) is 9.33. The Bertz CT molecular complexity index is 366. The van der Waals surface area contributed by atoms with E-state index in [-0.39, 0.29) is 0 Å². The van der Waals surface area contributed by atoms with Crippen LogP contribution in [0.5, 0.6) is 0 Å². The maximum Gasteiger partial charge on any atom is 0.144 e. The minimum Gasteiger partial charge on any atom is -0.372 e. The molecule has 1 heterocycles. The number of aromatic nitrogens is 2. The van der Waals surface area contributed by atoms with Crippen LogP contribution in [0.15, 0.2) is 12.4 Å². The molecule has 0 radical (unpaired) electrons. The fraction of sp³-hybridized carbons (Fsp3) is 0.733. The summed E-state index contributed by atoms with van der Waals surface area (Å²) in [5.41, 5.74) is 0.919. The minimum absolute atomic E-state index is 0.411. The van der Waals surface area contributed by atoms with Crippen molar-refractivity contribution in [1.82, 2.24) is 9.97 Å². The summed E-state index contributed by atoms with van der Waals surface area (Å²) in [5, 5.41) is 3.14. The zero-order chi connectivity index (χ0) is 13.5. The third-order valence-corrected chi connectivity index (χ3v) is 3.87. The largest absolute Gasteiger partial charge is 0.372 e. The molecular weight excluding hydrogens is 238 g/mol. The van der Waals surface area contributed by atoms with Gasteiger partial charge in [-0.3, -0.25) is 4.98 Å². The molecule has 1 aliphatic carbocycles. The van der Waals surface area contributed by atoms with E-state index in [0.29, 0.717) is 12.7 Å². The third-order valence-electron chi connectivity index (χ3n) is 3.87. The normalized spacial score (nSPS) is 23.3. The number of rotatable bonds is 6. The van der Waals surface area contributed by atoms with Gasteiger partial charge in [-0.05, 0) is 25.7 Å². The molecule has 0 amide bonds. The maximum atomic E-state index is 6.05. The molecule has 2 unspecified atom stereocenters. The number of nitrogens with zero attached hydrogens (tertiary/aromatic N) is 2. The molecule has 0 spiro atoms. The van der Waals surface area contributed by atoms with E-state index in [1.54, 1.807) is 6.20 Å². The number of hydrogen-bond acceptors (Lipinski definition) is 4. The van der Waals surface area contributed by atoms with Crippen LogP contribution in [0.1, 0.15) is 51.6 Å². The van der Waals surface area contributed by atoms with Crippen LogP contribution >= 0.6 is 0 Å². The molecule has 1 saturated carbocycles. The van der Waals surface area contributed by atoms with Gasteiger partial charge in [-0.1, -0.05) is 26.2 Å². The predicted octanol–water partition coefficient (Wildman–Crippen LogP) is 3.39. The fourth-order valence-corrected chi connectivity index (χ4v) is 2.75. The second-order valence-electron chi connectivity index (χ2n) is 5.23. The summed E-state index contributed by atoms with van der Waals surface area (Å²) in [4.78, 5) is 8.70. The first-order valence-corrected chi connectivity index (χ1v) is 7.49. The number of ether oxygens (including phenoxy) is 1. The minimum atomic E-state index is 0.411. The molecule has 0 aromatic carbocycles. The fourth-order valence-electron chi connectivity index (χ4n) is 2.75. The lowest BCUT2D eigenvalue weighted by Gasteiger charge is -2.30. The molecule has 2 rings (SSSR count). The Balaban J connectivity index is 1.83. The van der Waals surface area contributed by atoms with Gasteiger partial charge in [-0.2, -0.15) is 0 Å². The van der Waals surface area contributed by atoms with Crippen molar-refractivity contribution in [3.8, 4) is 0 Å². The van der Waals surface area contributed by atoms with Gasteiger partial charge in [0.05, 0.1) is 30.8 Å². The van der Waals surface area contributed by atoms with Gasteiger partial charge in [0.2, 0.25) is 0 Å². The lowest BCUT2D eigenvalue weighted by Crippen LogP contribution is -2.27. The maximum absolute atomic E-state index is 6.05. The van der Waals surface area contributed by atoms with Crippen LogP contribution in [0, 0.1) is 5.92 Å². The molecule has 4 heteroatoms. The molecule has 4 nitrogen and oxygen atoms in total. The standard InChI is InChI=1S/C15H25N3O/c1-3-12-7-5-6-8-14(12)19-11-13-9-18-15(10-17-13)16-4-2/h9-10,12,14H,3-8,11H2,1-2H3,(H,16,18). The average molecular weight is 263 g/mol. The second kappa shape index (κ2) is 7.43. The summed E-state index contributed by atoms with van der Waals surface area (Å²) < 4.78 is 6.05. The highest BCUT2D eigenvalue weighted by Gasteiger charge is 2.24. The van der Waals surface area contributed by atoms with Crippen molar-refractivity contribution in [3.05, 3.63) is 18.1 Å². The van der Waals surface area contributed by atoms with Gasteiger partial charge in [0.1, 0.15) is 5.82 Å². The van der Waals surface area contributed by atoms with Crippen molar-refractivity contribution in [1.29, 1.82) is 0 Å². The lowest BCUT2D eigenvalue weighted by molar-refractivity contribution is -0.0235. The molecule has 19 heavy (non-hydrogen) atoms. The third kappa shape index (κ3) is 4.16. The van der Waals surface area contributed by atoms with Gasteiger partial charge in [0.25, 0.3) is 0 Å². The highest BCUT2D eigenvalue weighted by molar-refractivity contribution is 5.30. The summed E-state index contributed by atoms with van der Waals surface area (Å²) in [5.74, 6) is 1.55. The van der Waals surface area contributed by atoms with E-state index >= 15 is 0 Å². The first-order valence-electron chi connectivity index (χ1n) is 7.49. The molecular formula is C15H25N3O. The molecule has 106 valence electrons. The van der Waals surface area contributed by atoms with E-state index in [1.165, 1.54) is 32.1 Å². The Morgan fingerprint density at radius 3 is 2.74 bits per heavy atom. The van der Waals surface area contributed by atoms with Crippen LogP contribution in [0.3, 0.4) is 0 Å². The summed E-state index contributed by atoms with van der Waals surface area (Å²) in [6, 6.07) is 0. The quantitative estimate of drug-likeness (QED) is 0.854. The molecule has 1 aliphatic rings. The van der Waals surface area contributed by atoms with Crippen molar-refractivity contribution in [2.24, 2.45) is 5.92 Å². The molecule has 0 saturated heterocycles. The highest BCUT2D eigenvalue weighted by atomic mass is 16.5. The van der Waals surface area contributed by atoms with E-state index < -0.39 is 0 Å². The van der Waals surface area contributed by atoms with Crippen molar-refractivity contribution >= 4 is 5.82 Å². The van der Waals surface area contributed by atoms with Crippen LogP contribution < -0.4 is 5.32 Å². The topological polar surface area (TPSA) is 47.0 Å². The van der Waals surface area contributed by atoms with Crippen molar-refractivity contribution in [2.75, 3.05) is 11.9 Å². The van der Waals surface area contributed by atoms with Gasteiger partial charge < -0.3 is 10.1 Å². The van der Waals surface area contributed by atoms with Crippen LogP contribution in [-0.2, 0) is 11.3 Å². The highest BCUT2D eigenvalue weighted by Crippen LogP contribution is 2.29. The van der Waals surface area contributed by atoms with Gasteiger partial charge in [0, 0.05) is 6.54 Å². The summed E-state index contributed by atoms with van der Waals surface area (Å²) in [6.07, 6.45) is 10.4. The predicted molar refractivity (Wildman–Crippen MR) is 77.0 cm³/mol. The van der Waals surface area contributed by atoms with Crippen molar-refractivity contribution in [3.63, 3.8) is 0 Å². The molecule has 0 bridgehead atoms. The molecule has 1 aromatic heterocycles. The van der Waals surface area contributed by atoms with E-state index in [9.17, 15) is 0 Å². The van der Waals surface area contributed by atoms with Crippen LogP contribution in [-0.4, -0.2) is 22.6 Å². The number of anilines is 1. The molecule has 1 aromatic rings. The molecule has 1 fully saturated rings. The first kappa shape index (κ1) is 14.3. The number of hydrogen-bond donors (Lipinski definition) is 1. The van der Waals surface area contributed by atoms with E-state index in [2.05, 4.69) is 22.2 Å². The summed E-state index contributed by atoms with van der Waals surface area (Å²) in [7, 11) is 0. The second-order valence-corrected chi connectivity index (χ2v) is 5.23. The lowest BCUT2D eigenvalue weighted by atomic mass is 9.85. The van der Waals surface area contributed by atoms with Gasteiger partial charge in [-0.25, -0.2) is 4.98 Å². The Labute approximate surface area is 116 Å². The summed E-state index contributed by atoms with van der Waals surface area (Å²) in [6.45, 7) is 5.76. The smallest absolute Gasteiger partial charge is 0.144 e. The van der Waals surface area contributed by atoms with Gasteiger partial charge in [0.15, 0.2) is 0 Å². The van der Waals surface area contributed by atoms with Crippen LogP contribution in [0.4, 0.5) is 5.82 Å². The van der Waals surface area contributed by atoms with E-state index in [0.717, 1.165) is 24.0 Å². The molecule has 1 N–H and O–H groups in total. The zero-order valence-electron chi connectivity index (χ0n) is 12.1. The van der Waals surface area contributed by atoms with Gasteiger partial charge >= 0.3 is 0 Å². The van der Waals surface area contributed by atoms with Crippen LogP contribution in [0.25, 0.3) is 0 Å². The Hall–Kier alpha value is -1.16. The van der Waals surface area contributed by atoms with Crippen molar-refractivity contribution in [2.45, 2.75) is 58.7 Å². The van der Waals surface area contributed by atoms with Crippen molar-refractivity contribution < 1.29 is 4.74 Å². The Morgan fingerprint density at radius 1 is 1.21 bits per heavy atom. The monoisotopic (exact) mass is 263 g/mol. The Kier molecular flexibility index (Phi) is 5.58. The van der Waals surface area contributed by atoms with Crippen LogP contribution in [0.2, 0.25) is 0 Å². The SMILES string of the molecule is CCNc1cnc(COC2CCCCC2CC)cn1. The summed E-state index contributed by atoms with van der Waals surface area (Å²) >= 11 is 0. The molecule has 0 aliphatic heterocycles. The number of nitrogens with one attached hydrogen (secondary N) is 1. The van der Waals surface area contributed by atoms with E-state index in [1.807, 2.05) is 13.1 Å². The zero-order valence-corrected chi connectivity index (χ0v) is 12.1. The average Bonchev–Trinajstić information content (AvgIpc) is 2.47. The van der Waals surface area contributed by atoms with Gasteiger partial charge in [-0.15, -0.1) is 0 Å². The van der Waals surface area contributed by atoms with E-state index in [4.69, 9.17) is 4.74 Å². The molecule has 2 atom stereocenters.